The molecule has 1 aliphatic rings. The van der Waals surface area contributed by atoms with Crippen molar-refractivity contribution in [2.45, 2.75) is 18.8 Å². The summed E-state index contributed by atoms with van der Waals surface area (Å²) in [5.41, 5.74) is 6.57. The molecule has 0 atom stereocenters. The monoisotopic (exact) mass is 314 g/mol. The van der Waals surface area contributed by atoms with Gasteiger partial charge in [0.1, 0.15) is 5.76 Å². The first kappa shape index (κ1) is 15.2. The minimum absolute atomic E-state index is 0.232. The highest BCUT2D eigenvalue weighted by molar-refractivity contribution is 6.03. The van der Waals surface area contributed by atoms with Crippen LogP contribution in [0.25, 0.3) is 0 Å². The summed E-state index contributed by atoms with van der Waals surface area (Å²) in [4.78, 5) is 24.1. The van der Waals surface area contributed by atoms with Gasteiger partial charge in [-0.1, -0.05) is 11.2 Å². The fraction of sp³-hybridized carbons (Fsp3) is 0.312. The molecule has 1 heterocycles. The van der Waals surface area contributed by atoms with Crippen molar-refractivity contribution in [2.75, 3.05) is 18.4 Å². The van der Waals surface area contributed by atoms with Gasteiger partial charge in [0, 0.05) is 36.3 Å². The fourth-order valence-electron chi connectivity index (χ4n) is 2.18. The molecular formula is C16H18N4O3. The second kappa shape index (κ2) is 6.62. The SMILES string of the molecule is NCCNC(=O)c1cccc(NC(=O)c2cc(C3CC3)on2)c1. The highest BCUT2D eigenvalue weighted by Crippen LogP contribution is 2.40. The number of hydrogen-bond donors (Lipinski definition) is 3. The first-order valence-electron chi connectivity index (χ1n) is 7.53. The summed E-state index contributed by atoms with van der Waals surface area (Å²) in [5.74, 6) is 0.563. The number of rotatable bonds is 6. The van der Waals surface area contributed by atoms with Gasteiger partial charge in [0.25, 0.3) is 11.8 Å². The zero-order valence-electron chi connectivity index (χ0n) is 12.5. The van der Waals surface area contributed by atoms with Crippen molar-refractivity contribution >= 4 is 17.5 Å². The van der Waals surface area contributed by atoms with E-state index in [0.717, 1.165) is 18.6 Å². The number of benzene rings is 1. The average molecular weight is 314 g/mol. The van der Waals surface area contributed by atoms with E-state index in [0.29, 0.717) is 30.3 Å². The molecule has 1 saturated carbocycles. The minimum atomic E-state index is -0.361. The largest absolute Gasteiger partial charge is 0.360 e. The second-order valence-corrected chi connectivity index (χ2v) is 5.47. The maximum atomic E-state index is 12.2. The Labute approximate surface area is 133 Å². The van der Waals surface area contributed by atoms with E-state index in [4.69, 9.17) is 10.3 Å². The van der Waals surface area contributed by atoms with Crippen LogP contribution < -0.4 is 16.4 Å². The Morgan fingerprint density at radius 2 is 2.09 bits per heavy atom. The maximum Gasteiger partial charge on any atom is 0.277 e. The van der Waals surface area contributed by atoms with E-state index in [2.05, 4.69) is 15.8 Å². The molecule has 0 saturated heterocycles. The molecule has 3 rings (SSSR count). The Morgan fingerprint density at radius 3 is 2.83 bits per heavy atom. The summed E-state index contributed by atoms with van der Waals surface area (Å²) in [5, 5.41) is 9.19. The van der Waals surface area contributed by atoms with Crippen LogP contribution in [-0.2, 0) is 0 Å². The van der Waals surface area contributed by atoms with Gasteiger partial charge in [-0.25, -0.2) is 0 Å². The molecule has 0 aliphatic heterocycles. The molecule has 0 radical (unpaired) electrons. The zero-order valence-corrected chi connectivity index (χ0v) is 12.5. The Balaban J connectivity index is 1.66. The Hall–Kier alpha value is -2.67. The Kier molecular flexibility index (Phi) is 4.38. The standard InChI is InChI=1S/C16H18N4O3/c17-6-7-18-15(21)11-2-1-3-12(8-11)19-16(22)13-9-14(23-20-13)10-4-5-10/h1-3,8-10H,4-7,17H2,(H,18,21)(H,19,22). The van der Waals surface area contributed by atoms with Crippen molar-refractivity contribution in [2.24, 2.45) is 5.73 Å². The lowest BCUT2D eigenvalue weighted by molar-refractivity contribution is 0.0953. The van der Waals surface area contributed by atoms with Gasteiger partial charge in [-0.05, 0) is 31.0 Å². The van der Waals surface area contributed by atoms with Crippen LogP contribution in [0.2, 0.25) is 0 Å². The lowest BCUT2D eigenvalue weighted by Gasteiger charge is -2.06. The molecule has 1 aromatic carbocycles. The number of nitrogens with one attached hydrogen (secondary N) is 2. The second-order valence-electron chi connectivity index (χ2n) is 5.47. The summed E-state index contributed by atoms with van der Waals surface area (Å²) < 4.78 is 5.17. The van der Waals surface area contributed by atoms with Gasteiger partial charge in [0.05, 0.1) is 0 Å². The number of aromatic nitrogens is 1. The molecule has 0 bridgehead atoms. The molecule has 0 unspecified atom stereocenters. The molecule has 2 amide bonds. The van der Waals surface area contributed by atoms with E-state index in [1.165, 1.54) is 0 Å². The summed E-state index contributed by atoms with van der Waals surface area (Å²) in [6, 6.07) is 8.35. The van der Waals surface area contributed by atoms with Gasteiger partial charge >= 0.3 is 0 Å². The molecule has 120 valence electrons. The molecule has 23 heavy (non-hydrogen) atoms. The van der Waals surface area contributed by atoms with Crippen LogP contribution in [-0.4, -0.2) is 30.1 Å². The van der Waals surface area contributed by atoms with Crippen molar-refractivity contribution < 1.29 is 14.1 Å². The smallest absolute Gasteiger partial charge is 0.277 e. The van der Waals surface area contributed by atoms with E-state index in [-0.39, 0.29) is 17.5 Å². The van der Waals surface area contributed by atoms with Crippen molar-refractivity contribution in [1.82, 2.24) is 10.5 Å². The zero-order chi connectivity index (χ0) is 16.2. The topological polar surface area (TPSA) is 110 Å². The number of nitrogens with zero attached hydrogens (tertiary/aromatic N) is 1. The summed E-state index contributed by atoms with van der Waals surface area (Å²) in [6.45, 7) is 0.774. The molecular weight excluding hydrogens is 296 g/mol. The quantitative estimate of drug-likeness (QED) is 0.748. The third kappa shape index (κ3) is 3.75. The van der Waals surface area contributed by atoms with Gasteiger partial charge in [0.15, 0.2) is 5.69 Å². The predicted octanol–water partition coefficient (Wildman–Crippen LogP) is 1.49. The average Bonchev–Trinajstić information content (AvgIpc) is 3.29. The number of nitrogens with two attached hydrogens (primary N) is 1. The first-order valence-corrected chi connectivity index (χ1v) is 7.53. The number of hydrogen-bond acceptors (Lipinski definition) is 5. The predicted molar refractivity (Wildman–Crippen MR) is 84.3 cm³/mol. The fourth-order valence-corrected chi connectivity index (χ4v) is 2.18. The third-order valence-corrected chi connectivity index (χ3v) is 3.55. The minimum Gasteiger partial charge on any atom is -0.360 e. The normalized spacial score (nSPS) is 13.6. The van der Waals surface area contributed by atoms with Crippen LogP contribution in [0.15, 0.2) is 34.9 Å². The molecule has 0 spiro atoms. The molecule has 4 N–H and O–H groups in total. The van der Waals surface area contributed by atoms with E-state index in [1.54, 1.807) is 30.3 Å². The van der Waals surface area contributed by atoms with Crippen molar-refractivity contribution in [3.8, 4) is 0 Å². The molecule has 7 nitrogen and oxygen atoms in total. The molecule has 1 aliphatic carbocycles. The summed E-state index contributed by atoms with van der Waals surface area (Å²) in [7, 11) is 0. The number of anilines is 1. The maximum absolute atomic E-state index is 12.2. The van der Waals surface area contributed by atoms with Crippen LogP contribution in [0.3, 0.4) is 0 Å². The van der Waals surface area contributed by atoms with E-state index < -0.39 is 0 Å². The summed E-state index contributed by atoms with van der Waals surface area (Å²) >= 11 is 0. The van der Waals surface area contributed by atoms with Crippen LogP contribution in [0.1, 0.15) is 45.4 Å². The lowest BCUT2D eigenvalue weighted by Crippen LogP contribution is -2.29. The lowest BCUT2D eigenvalue weighted by atomic mass is 10.2. The van der Waals surface area contributed by atoms with Crippen LogP contribution in [0.4, 0.5) is 5.69 Å². The van der Waals surface area contributed by atoms with Gasteiger partial charge in [0.2, 0.25) is 0 Å². The van der Waals surface area contributed by atoms with Crippen LogP contribution >= 0.6 is 0 Å². The summed E-state index contributed by atoms with van der Waals surface area (Å²) in [6.07, 6.45) is 2.16. The first-order chi connectivity index (χ1) is 11.2. The number of carbonyl (C=O) groups excluding carboxylic acids is 2. The van der Waals surface area contributed by atoms with E-state index in [9.17, 15) is 9.59 Å². The van der Waals surface area contributed by atoms with Gasteiger partial charge in [-0.3, -0.25) is 9.59 Å². The van der Waals surface area contributed by atoms with Crippen LogP contribution in [0, 0.1) is 0 Å². The van der Waals surface area contributed by atoms with Gasteiger partial charge in [-0.15, -0.1) is 0 Å². The van der Waals surface area contributed by atoms with Crippen molar-refractivity contribution in [1.29, 1.82) is 0 Å². The van der Waals surface area contributed by atoms with Crippen molar-refractivity contribution in [3.05, 3.63) is 47.3 Å². The Morgan fingerprint density at radius 1 is 1.26 bits per heavy atom. The highest BCUT2D eigenvalue weighted by atomic mass is 16.5. The highest BCUT2D eigenvalue weighted by Gasteiger charge is 2.28. The number of carbonyl (C=O) groups is 2. The third-order valence-electron chi connectivity index (χ3n) is 3.55. The van der Waals surface area contributed by atoms with E-state index in [1.807, 2.05) is 0 Å². The van der Waals surface area contributed by atoms with Gasteiger partial charge in [-0.2, -0.15) is 0 Å². The van der Waals surface area contributed by atoms with Crippen molar-refractivity contribution in [3.63, 3.8) is 0 Å². The van der Waals surface area contributed by atoms with E-state index >= 15 is 0 Å². The molecule has 2 aromatic rings. The molecule has 1 fully saturated rings. The number of amides is 2. The van der Waals surface area contributed by atoms with Crippen LogP contribution in [0.5, 0.6) is 0 Å². The Bertz CT molecular complexity index is 722. The van der Waals surface area contributed by atoms with Gasteiger partial charge < -0.3 is 20.9 Å². The molecule has 1 aromatic heterocycles. The molecule has 7 heteroatoms.